The molecule has 0 aliphatic heterocycles. The van der Waals surface area contributed by atoms with Gasteiger partial charge < -0.3 is 25.4 Å². The topological polar surface area (TPSA) is 84.9 Å². The minimum absolute atomic E-state index is 0. The molecule has 5 heteroatoms. The standard InChI is InChI=1S/C6H14O4.C4H11N/c7-1-3-9-5-6-10-4-2-8;1-4(2,3)5/h7-8H,1-6H2;5H2,1-3H3. The van der Waals surface area contributed by atoms with E-state index in [4.69, 9.17) is 25.4 Å². The minimum atomic E-state index is 0. The smallest absolute Gasteiger partial charge is 0.0701 e. The van der Waals surface area contributed by atoms with Gasteiger partial charge >= 0.3 is 0 Å². The molecule has 0 amide bonds. The molecule has 0 aromatic rings. The lowest BCUT2D eigenvalue weighted by atomic mass is 10.1. The molecular weight excluding hydrogens is 198 g/mol. The highest BCUT2D eigenvalue weighted by Gasteiger charge is 1.95. The van der Waals surface area contributed by atoms with Crippen molar-refractivity contribution in [2.75, 3.05) is 39.6 Å². The summed E-state index contributed by atoms with van der Waals surface area (Å²) >= 11 is 0. The maximum absolute atomic E-state index is 8.26. The molecule has 0 aromatic carbocycles. The van der Waals surface area contributed by atoms with Crippen molar-refractivity contribution in [3.8, 4) is 0 Å². The molecule has 0 saturated heterocycles. The van der Waals surface area contributed by atoms with Crippen LogP contribution in [0.25, 0.3) is 0 Å². The van der Waals surface area contributed by atoms with Crippen molar-refractivity contribution < 1.29 is 19.7 Å². The van der Waals surface area contributed by atoms with Crippen LogP contribution in [0.2, 0.25) is 0 Å². The fourth-order valence-electron chi connectivity index (χ4n) is 0.451. The maximum Gasteiger partial charge on any atom is 0.0701 e. The fraction of sp³-hybridized carbons (Fsp3) is 1.00. The molecule has 0 unspecified atom stereocenters. The number of aliphatic hydroxyl groups excluding tert-OH is 2. The van der Waals surface area contributed by atoms with Gasteiger partial charge in [0, 0.05) is 5.54 Å². The summed E-state index contributed by atoms with van der Waals surface area (Å²) in [6.07, 6.45) is 0. The van der Waals surface area contributed by atoms with E-state index >= 15 is 0 Å². The van der Waals surface area contributed by atoms with Crippen LogP contribution in [0.5, 0.6) is 0 Å². The van der Waals surface area contributed by atoms with Crippen LogP contribution in [0.15, 0.2) is 0 Å². The van der Waals surface area contributed by atoms with Gasteiger partial charge in [-0.3, -0.25) is 0 Å². The van der Waals surface area contributed by atoms with Crippen molar-refractivity contribution in [3.63, 3.8) is 0 Å². The van der Waals surface area contributed by atoms with Crippen LogP contribution in [0.3, 0.4) is 0 Å². The lowest BCUT2D eigenvalue weighted by Crippen LogP contribution is -2.26. The molecule has 5 nitrogen and oxygen atoms in total. The fourth-order valence-corrected chi connectivity index (χ4v) is 0.451. The molecule has 0 fully saturated rings. The molecule has 0 aromatic heterocycles. The number of ether oxygens (including phenoxy) is 2. The second-order valence-corrected chi connectivity index (χ2v) is 4.04. The van der Waals surface area contributed by atoms with Gasteiger partial charge in [0.15, 0.2) is 0 Å². The minimum Gasteiger partial charge on any atom is -0.394 e. The van der Waals surface area contributed by atoms with Gasteiger partial charge in [0.05, 0.1) is 39.6 Å². The van der Waals surface area contributed by atoms with Gasteiger partial charge in [-0.05, 0) is 20.8 Å². The monoisotopic (exact) mass is 223 g/mol. The van der Waals surface area contributed by atoms with Gasteiger partial charge in [-0.15, -0.1) is 0 Å². The van der Waals surface area contributed by atoms with Gasteiger partial charge in [-0.2, -0.15) is 0 Å². The maximum atomic E-state index is 8.26. The van der Waals surface area contributed by atoms with Crippen molar-refractivity contribution in [2.24, 2.45) is 5.73 Å². The quantitative estimate of drug-likeness (QED) is 0.518. The zero-order valence-corrected chi connectivity index (χ0v) is 10.0. The van der Waals surface area contributed by atoms with E-state index in [1.807, 2.05) is 20.8 Å². The highest BCUT2D eigenvalue weighted by molar-refractivity contribution is 4.60. The van der Waals surface area contributed by atoms with E-state index in [-0.39, 0.29) is 18.8 Å². The molecule has 0 aliphatic carbocycles. The van der Waals surface area contributed by atoms with Crippen LogP contribution in [0.1, 0.15) is 20.8 Å². The molecule has 4 N–H and O–H groups in total. The average Bonchev–Trinajstić information content (AvgIpc) is 2.08. The SMILES string of the molecule is CC(C)(C)N.OCCOCCOCCO. The van der Waals surface area contributed by atoms with E-state index < -0.39 is 0 Å². The number of hydrogen-bond donors (Lipinski definition) is 3. The summed E-state index contributed by atoms with van der Waals surface area (Å²) in [6.45, 7) is 7.62. The molecule has 0 rings (SSSR count). The predicted molar refractivity (Wildman–Crippen MR) is 59.8 cm³/mol. The Morgan fingerprint density at radius 3 is 1.33 bits per heavy atom. The Kier molecular flexibility index (Phi) is 13.6. The molecule has 94 valence electrons. The third-order valence-electron chi connectivity index (χ3n) is 0.843. The Morgan fingerprint density at radius 2 is 1.13 bits per heavy atom. The second-order valence-electron chi connectivity index (χ2n) is 4.04. The molecule has 0 spiro atoms. The molecule has 0 saturated carbocycles. The van der Waals surface area contributed by atoms with Crippen molar-refractivity contribution in [1.29, 1.82) is 0 Å². The Balaban J connectivity index is 0. The zero-order valence-electron chi connectivity index (χ0n) is 10.0. The Morgan fingerprint density at radius 1 is 0.867 bits per heavy atom. The Bertz CT molecular complexity index is 100. The van der Waals surface area contributed by atoms with Crippen LogP contribution in [-0.2, 0) is 9.47 Å². The largest absolute Gasteiger partial charge is 0.394 e. The summed E-state index contributed by atoms with van der Waals surface area (Å²) in [4.78, 5) is 0. The number of nitrogens with two attached hydrogens (primary N) is 1. The highest BCUT2D eigenvalue weighted by Crippen LogP contribution is 1.88. The average molecular weight is 223 g/mol. The molecule has 0 aliphatic rings. The first-order valence-electron chi connectivity index (χ1n) is 5.08. The van der Waals surface area contributed by atoms with Crippen molar-refractivity contribution in [1.82, 2.24) is 0 Å². The molecule has 0 heterocycles. The lowest BCUT2D eigenvalue weighted by molar-refractivity contribution is 0.0222. The van der Waals surface area contributed by atoms with Crippen LogP contribution >= 0.6 is 0 Å². The Hall–Kier alpha value is -0.200. The third-order valence-corrected chi connectivity index (χ3v) is 0.843. The van der Waals surface area contributed by atoms with Crippen molar-refractivity contribution >= 4 is 0 Å². The van der Waals surface area contributed by atoms with E-state index in [0.717, 1.165) is 0 Å². The first-order chi connectivity index (χ1) is 6.91. The lowest BCUT2D eigenvalue weighted by Gasteiger charge is -2.06. The van der Waals surface area contributed by atoms with E-state index in [9.17, 15) is 0 Å². The molecular formula is C10H25NO4. The highest BCUT2D eigenvalue weighted by atomic mass is 16.5. The third kappa shape index (κ3) is 41.6. The summed E-state index contributed by atoms with van der Waals surface area (Å²) in [7, 11) is 0. The summed E-state index contributed by atoms with van der Waals surface area (Å²) in [6, 6.07) is 0. The van der Waals surface area contributed by atoms with Crippen LogP contribution in [-0.4, -0.2) is 55.4 Å². The summed E-state index contributed by atoms with van der Waals surface area (Å²) in [5.74, 6) is 0. The summed E-state index contributed by atoms with van der Waals surface area (Å²) in [5, 5.41) is 16.5. The van der Waals surface area contributed by atoms with Crippen molar-refractivity contribution in [2.45, 2.75) is 26.3 Å². The van der Waals surface area contributed by atoms with E-state index in [1.165, 1.54) is 0 Å². The summed E-state index contributed by atoms with van der Waals surface area (Å²) in [5.41, 5.74) is 5.35. The van der Waals surface area contributed by atoms with Gasteiger partial charge in [-0.25, -0.2) is 0 Å². The first kappa shape index (κ1) is 17.2. The Labute approximate surface area is 92.2 Å². The van der Waals surface area contributed by atoms with Gasteiger partial charge in [0.1, 0.15) is 0 Å². The van der Waals surface area contributed by atoms with Gasteiger partial charge in [-0.1, -0.05) is 0 Å². The van der Waals surface area contributed by atoms with Gasteiger partial charge in [0.25, 0.3) is 0 Å². The zero-order chi connectivity index (χ0) is 12.2. The van der Waals surface area contributed by atoms with E-state index in [1.54, 1.807) is 0 Å². The van der Waals surface area contributed by atoms with E-state index in [2.05, 4.69) is 0 Å². The van der Waals surface area contributed by atoms with Crippen LogP contribution in [0, 0.1) is 0 Å². The second kappa shape index (κ2) is 11.9. The normalized spacial score (nSPS) is 10.8. The molecule has 15 heavy (non-hydrogen) atoms. The molecule has 0 atom stereocenters. The predicted octanol–water partition coefficient (Wildman–Crippen LogP) is -0.252. The molecule has 0 radical (unpaired) electrons. The molecule has 0 bridgehead atoms. The van der Waals surface area contributed by atoms with E-state index in [0.29, 0.717) is 26.4 Å². The van der Waals surface area contributed by atoms with Crippen LogP contribution < -0.4 is 5.73 Å². The number of rotatable bonds is 7. The van der Waals surface area contributed by atoms with Crippen LogP contribution in [0.4, 0.5) is 0 Å². The van der Waals surface area contributed by atoms with Crippen molar-refractivity contribution in [3.05, 3.63) is 0 Å². The first-order valence-corrected chi connectivity index (χ1v) is 5.08. The number of hydrogen-bond acceptors (Lipinski definition) is 5. The number of aliphatic hydroxyl groups is 2. The summed E-state index contributed by atoms with van der Waals surface area (Å²) < 4.78 is 9.75. The van der Waals surface area contributed by atoms with Gasteiger partial charge in [0.2, 0.25) is 0 Å².